The number of fused-ring (bicyclic) bond motifs is 1. The molecule has 1 heterocycles. The van der Waals surface area contributed by atoms with Crippen molar-refractivity contribution in [1.82, 2.24) is 0 Å². The van der Waals surface area contributed by atoms with Gasteiger partial charge in [-0.15, -0.1) is 0 Å². The van der Waals surface area contributed by atoms with E-state index >= 15 is 0 Å². The Balaban J connectivity index is 2.55. The lowest BCUT2D eigenvalue weighted by atomic mass is 9.86. The molecule has 0 saturated heterocycles. The third-order valence-electron chi connectivity index (χ3n) is 3.00. The molecule has 0 atom stereocenters. The zero-order chi connectivity index (χ0) is 12.8. The number of hydrogen-bond donors (Lipinski definition) is 1. The normalized spacial score (nSPS) is 17.1. The van der Waals surface area contributed by atoms with E-state index in [0.29, 0.717) is 10.7 Å². The van der Waals surface area contributed by atoms with Gasteiger partial charge in [-0.3, -0.25) is 9.59 Å². The topological polar surface area (TPSA) is 57.6 Å². The fourth-order valence-electron chi connectivity index (χ4n) is 2.10. The van der Waals surface area contributed by atoms with Gasteiger partial charge in [0.25, 0.3) is 0 Å². The molecule has 5 heteroatoms. The number of carbonyl (C=O) groups is 2. The molecule has 17 heavy (non-hydrogen) atoms. The highest BCUT2D eigenvalue weighted by atomic mass is 35.5. The maximum absolute atomic E-state index is 12.2. The van der Waals surface area contributed by atoms with Crippen molar-refractivity contribution in [2.75, 3.05) is 11.4 Å². The van der Waals surface area contributed by atoms with Crippen molar-refractivity contribution in [3.63, 3.8) is 0 Å². The summed E-state index contributed by atoms with van der Waals surface area (Å²) in [6.45, 7) is 3.22. The predicted molar refractivity (Wildman–Crippen MR) is 64.5 cm³/mol. The first-order valence-corrected chi connectivity index (χ1v) is 5.55. The molecule has 2 rings (SSSR count). The molecule has 1 aromatic carbocycles. The smallest absolute Gasteiger partial charge is 0.323 e. The van der Waals surface area contributed by atoms with Gasteiger partial charge in [-0.2, -0.15) is 0 Å². The number of rotatable bonds is 2. The summed E-state index contributed by atoms with van der Waals surface area (Å²) < 4.78 is 0. The molecule has 0 fully saturated rings. The Morgan fingerprint density at radius 3 is 2.71 bits per heavy atom. The lowest BCUT2D eigenvalue weighted by Crippen LogP contribution is -2.39. The van der Waals surface area contributed by atoms with Crippen molar-refractivity contribution in [2.45, 2.75) is 19.3 Å². The van der Waals surface area contributed by atoms with Crippen LogP contribution >= 0.6 is 11.6 Å². The lowest BCUT2D eigenvalue weighted by Gasteiger charge is -2.18. The highest BCUT2D eigenvalue weighted by molar-refractivity contribution is 6.31. The highest BCUT2D eigenvalue weighted by Crippen LogP contribution is 2.42. The first-order chi connectivity index (χ1) is 7.84. The molecular weight excluding hydrogens is 242 g/mol. The van der Waals surface area contributed by atoms with Gasteiger partial charge >= 0.3 is 5.97 Å². The van der Waals surface area contributed by atoms with Crippen molar-refractivity contribution in [1.29, 1.82) is 0 Å². The first kappa shape index (κ1) is 11.9. The minimum Gasteiger partial charge on any atom is -0.480 e. The van der Waals surface area contributed by atoms with Gasteiger partial charge in [0.1, 0.15) is 6.54 Å². The Morgan fingerprint density at radius 1 is 1.47 bits per heavy atom. The van der Waals surface area contributed by atoms with Crippen molar-refractivity contribution >= 4 is 29.2 Å². The average molecular weight is 254 g/mol. The van der Waals surface area contributed by atoms with E-state index in [1.807, 2.05) is 0 Å². The van der Waals surface area contributed by atoms with Crippen LogP contribution in [0.5, 0.6) is 0 Å². The molecule has 0 radical (unpaired) electrons. The van der Waals surface area contributed by atoms with Gasteiger partial charge in [-0.05, 0) is 37.6 Å². The molecule has 90 valence electrons. The van der Waals surface area contributed by atoms with Crippen molar-refractivity contribution in [3.8, 4) is 0 Å². The van der Waals surface area contributed by atoms with Crippen LogP contribution < -0.4 is 4.90 Å². The van der Waals surface area contributed by atoms with Gasteiger partial charge in [0.15, 0.2) is 0 Å². The number of carbonyl (C=O) groups excluding carboxylic acids is 1. The number of nitrogens with zero attached hydrogens (tertiary/aromatic N) is 1. The summed E-state index contributed by atoms with van der Waals surface area (Å²) in [5.74, 6) is -1.24. The Morgan fingerprint density at radius 2 is 2.12 bits per heavy atom. The quantitative estimate of drug-likeness (QED) is 0.878. The molecule has 0 saturated carbocycles. The van der Waals surface area contributed by atoms with E-state index in [-0.39, 0.29) is 12.5 Å². The van der Waals surface area contributed by atoms with Crippen LogP contribution in [-0.2, 0) is 15.0 Å². The van der Waals surface area contributed by atoms with E-state index in [1.54, 1.807) is 32.0 Å². The molecule has 1 aliphatic rings. The van der Waals surface area contributed by atoms with Gasteiger partial charge in [-0.25, -0.2) is 0 Å². The SMILES string of the molecule is CC1(C)C(=O)N(CC(=O)O)c2ccc(Cl)cc21. The largest absolute Gasteiger partial charge is 0.480 e. The fraction of sp³-hybridized carbons (Fsp3) is 0.333. The number of amides is 1. The van der Waals surface area contributed by atoms with E-state index in [1.165, 1.54) is 4.90 Å². The highest BCUT2D eigenvalue weighted by Gasteiger charge is 2.44. The summed E-state index contributed by atoms with van der Waals surface area (Å²) in [6, 6.07) is 5.06. The molecule has 0 spiro atoms. The molecule has 4 nitrogen and oxygen atoms in total. The lowest BCUT2D eigenvalue weighted by molar-refractivity contribution is -0.137. The number of halogens is 1. The van der Waals surface area contributed by atoms with Gasteiger partial charge in [0.05, 0.1) is 5.41 Å². The van der Waals surface area contributed by atoms with Crippen LogP contribution in [0, 0.1) is 0 Å². The maximum Gasteiger partial charge on any atom is 0.323 e. The summed E-state index contributed by atoms with van der Waals surface area (Å²) >= 11 is 5.91. The van der Waals surface area contributed by atoms with Crippen LogP contribution in [0.25, 0.3) is 0 Å². The average Bonchev–Trinajstić information content (AvgIpc) is 2.40. The van der Waals surface area contributed by atoms with E-state index in [0.717, 1.165) is 5.56 Å². The maximum atomic E-state index is 12.2. The number of hydrogen-bond acceptors (Lipinski definition) is 2. The van der Waals surface area contributed by atoms with Crippen LogP contribution in [0.4, 0.5) is 5.69 Å². The van der Waals surface area contributed by atoms with Crippen LogP contribution in [-0.4, -0.2) is 23.5 Å². The van der Waals surface area contributed by atoms with Gasteiger partial charge in [0, 0.05) is 10.7 Å². The second-order valence-electron chi connectivity index (χ2n) is 4.57. The standard InChI is InChI=1S/C12H12ClNO3/c1-12(2)8-5-7(13)3-4-9(8)14(11(12)17)6-10(15)16/h3-5H,6H2,1-2H3,(H,15,16). The van der Waals surface area contributed by atoms with Gasteiger partial charge < -0.3 is 10.0 Å². The van der Waals surface area contributed by atoms with Crippen molar-refractivity contribution < 1.29 is 14.7 Å². The second kappa shape index (κ2) is 3.74. The summed E-state index contributed by atoms with van der Waals surface area (Å²) in [7, 11) is 0. The summed E-state index contributed by atoms with van der Waals surface area (Å²) in [6.07, 6.45) is 0. The molecule has 0 aromatic heterocycles. The van der Waals surface area contributed by atoms with Crippen LogP contribution in [0.1, 0.15) is 19.4 Å². The number of carboxylic acids is 1. The Labute approximate surface area is 104 Å². The summed E-state index contributed by atoms with van der Waals surface area (Å²) in [5, 5.41) is 9.37. The second-order valence-corrected chi connectivity index (χ2v) is 5.01. The molecule has 0 bridgehead atoms. The fourth-order valence-corrected chi connectivity index (χ4v) is 2.27. The molecule has 0 aliphatic carbocycles. The van der Waals surface area contributed by atoms with Crippen molar-refractivity contribution in [2.24, 2.45) is 0 Å². The Bertz CT molecular complexity index is 510. The zero-order valence-corrected chi connectivity index (χ0v) is 10.3. The minimum atomic E-state index is -1.03. The van der Waals surface area contributed by atoms with Crippen molar-refractivity contribution in [3.05, 3.63) is 28.8 Å². The summed E-state index contributed by atoms with van der Waals surface area (Å²) in [5.41, 5.74) is 0.679. The van der Waals surface area contributed by atoms with E-state index in [2.05, 4.69) is 0 Å². The first-order valence-electron chi connectivity index (χ1n) is 5.18. The number of carboxylic acid groups (broad SMARTS) is 1. The Hall–Kier alpha value is -1.55. The van der Waals surface area contributed by atoms with Gasteiger partial charge in [-0.1, -0.05) is 11.6 Å². The third-order valence-corrected chi connectivity index (χ3v) is 3.23. The third kappa shape index (κ3) is 1.78. The molecular formula is C12H12ClNO3. The Kier molecular flexibility index (Phi) is 2.62. The van der Waals surface area contributed by atoms with Gasteiger partial charge in [0.2, 0.25) is 5.91 Å². The predicted octanol–water partition coefficient (Wildman–Crippen LogP) is 2.05. The zero-order valence-electron chi connectivity index (χ0n) is 9.53. The monoisotopic (exact) mass is 253 g/mol. The number of anilines is 1. The molecule has 1 amide bonds. The van der Waals surface area contributed by atoms with E-state index in [9.17, 15) is 9.59 Å². The number of aliphatic carboxylic acids is 1. The number of benzene rings is 1. The molecule has 1 N–H and O–H groups in total. The molecule has 1 aliphatic heterocycles. The van der Waals surface area contributed by atoms with E-state index < -0.39 is 11.4 Å². The van der Waals surface area contributed by atoms with Crippen LogP contribution in [0.15, 0.2) is 18.2 Å². The molecule has 1 aromatic rings. The summed E-state index contributed by atoms with van der Waals surface area (Å²) in [4.78, 5) is 24.2. The van der Waals surface area contributed by atoms with Crippen LogP contribution in [0.3, 0.4) is 0 Å². The minimum absolute atomic E-state index is 0.211. The van der Waals surface area contributed by atoms with E-state index in [4.69, 9.17) is 16.7 Å². The molecule has 0 unspecified atom stereocenters. The van der Waals surface area contributed by atoms with Crippen LogP contribution in [0.2, 0.25) is 5.02 Å².